The van der Waals surface area contributed by atoms with Gasteiger partial charge in [0.25, 0.3) is 0 Å². The Hall–Kier alpha value is -1.40. The lowest BCUT2D eigenvalue weighted by atomic mass is 10.2. The average Bonchev–Trinajstić information content (AvgIpc) is 2.80. The molecule has 1 aliphatic rings. The molecular weight excluding hydrogens is 242 g/mol. The minimum Gasteiger partial charge on any atom is -0.548 e. The molecule has 0 N–H and O–H groups in total. The van der Waals surface area contributed by atoms with E-state index in [1.165, 1.54) is 12.1 Å². The summed E-state index contributed by atoms with van der Waals surface area (Å²) in [5.41, 5.74) is 0. The van der Waals surface area contributed by atoms with Crippen molar-refractivity contribution in [1.82, 2.24) is 4.31 Å². The van der Waals surface area contributed by atoms with Crippen molar-refractivity contribution in [2.75, 3.05) is 6.54 Å². The molecule has 1 unspecified atom stereocenters. The van der Waals surface area contributed by atoms with E-state index in [-0.39, 0.29) is 11.4 Å². The third-order valence-corrected chi connectivity index (χ3v) is 4.75. The van der Waals surface area contributed by atoms with E-state index >= 15 is 0 Å². The number of carbonyl (C=O) groups is 1. The van der Waals surface area contributed by atoms with E-state index in [0.717, 1.165) is 4.31 Å². The molecule has 17 heavy (non-hydrogen) atoms. The fourth-order valence-electron chi connectivity index (χ4n) is 1.99. The number of carboxylic acid groups (broad SMARTS) is 1. The Labute approximate surface area is 99.7 Å². The highest BCUT2D eigenvalue weighted by Gasteiger charge is 2.35. The number of sulfonamides is 1. The van der Waals surface area contributed by atoms with Crippen LogP contribution in [0.1, 0.15) is 12.8 Å². The zero-order valence-electron chi connectivity index (χ0n) is 9.07. The summed E-state index contributed by atoms with van der Waals surface area (Å²) in [4.78, 5) is 11.0. The third kappa shape index (κ3) is 2.18. The van der Waals surface area contributed by atoms with Crippen molar-refractivity contribution in [3.63, 3.8) is 0 Å². The maximum atomic E-state index is 12.2. The number of aliphatic carboxylic acids is 1. The molecule has 6 heteroatoms. The molecule has 0 aromatic heterocycles. The van der Waals surface area contributed by atoms with Crippen LogP contribution in [0.4, 0.5) is 0 Å². The number of carbonyl (C=O) groups excluding carboxylic acids is 1. The van der Waals surface area contributed by atoms with Crippen molar-refractivity contribution in [2.24, 2.45) is 0 Å². The van der Waals surface area contributed by atoms with Gasteiger partial charge in [0.1, 0.15) is 0 Å². The van der Waals surface area contributed by atoms with Crippen molar-refractivity contribution in [3.05, 3.63) is 30.3 Å². The molecule has 1 aromatic carbocycles. The van der Waals surface area contributed by atoms with E-state index in [1.54, 1.807) is 18.2 Å². The standard InChI is InChI=1S/C11H13NO4S/c13-11(14)10-7-4-8-12(10)17(15,16)9-5-2-1-3-6-9/h1-3,5-6,10H,4,7-8H2,(H,13,14)/p-1. The van der Waals surface area contributed by atoms with Gasteiger partial charge in [-0.3, -0.25) is 0 Å². The largest absolute Gasteiger partial charge is 0.548 e. The molecule has 1 aliphatic heterocycles. The predicted molar refractivity (Wildman–Crippen MR) is 58.4 cm³/mol. The molecule has 1 aromatic rings. The number of hydrogen-bond acceptors (Lipinski definition) is 4. The van der Waals surface area contributed by atoms with Crippen molar-refractivity contribution >= 4 is 16.0 Å². The van der Waals surface area contributed by atoms with Gasteiger partial charge in [-0.1, -0.05) is 18.2 Å². The maximum Gasteiger partial charge on any atom is 0.243 e. The highest BCUT2D eigenvalue weighted by Crippen LogP contribution is 2.25. The van der Waals surface area contributed by atoms with Crippen molar-refractivity contribution in [3.8, 4) is 0 Å². The Kier molecular flexibility index (Phi) is 3.17. The zero-order chi connectivity index (χ0) is 12.5. The molecule has 2 rings (SSSR count). The molecule has 0 radical (unpaired) electrons. The summed E-state index contributed by atoms with van der Waals surface area (Å²) in [6.45, 7) is 0.232. The highest BCUT2D eigenvalue weighted by atomic mass is 32.2. The minimum absolute atomic E-state index is 0.119. The van der Waals surface area contributed by atoms with Gasteiger partial charge in [-0.05, 0) is 25.0 Å². The molecular formula is C11H12NO4S-. The van der Waals surface area contributed by atoms with Crippen LogP contribution in [0.2, 0.25) is 0 Å². The Morgan fingerprint density at radius 1 is 1.29 bits per heavy atom. The van der Waals surface area contributed by atoms with Crippen LogP contribution in [0.3, 0.4) is 0 Å². The second-order valence-corrected chi connectivity index (χ2v) is 5.80. The normalized spacial score (nSPS) is 21.5. The van der Waals surface area contributed by atoms with Gasteiger partial charge in [0.05, 0.1) is 16.9 Å². The first-order valence-electron chi connectivity index (χ1n) is 5.31. The number of benzene rings is 1. The van der Waals surface area contributed by atoms with Gasteiger partial charge >= 0.3 is 0 Å². The topological polar surface area (TPSA) is 77.5 Å². The second kappa shape index (κ2) is 4.46. The molecule has 1 heterocycles. The van der Waals surface area contributed by atoms with E-state index in [2.05, 4.69) is 0 Å². The van der Waals surface area contributed by atoms with Crippen LogP contribution in [0.15, 0.2) is 35.2 Å². The quantitative estimate of drug-likeness (QED) is 0.734. The number of hydrogen-bond donors (Lipinski definition) is 0. The van der Waals surface area contributed by atoms with Gasteiger partial charge in [0, 0.05) is 6.54 Å². The first-order valence-corrected chi connectivity index (χ1v) is 6.75. The SMILES string of the molecule is O=C([O-])C1CCCN1S(=O)(=O)c1ccccc1. The monoisotopic (exact) mass is 254 g/mol. The van der Waals surface area contributed by atoms with Crippen LogP contribution >= 0.6 is 0 Å². The summed E-state index contributed by atoms with van der Waals surface area (Å²) in [6.07, 6.45) is 0.860. The van der Waals surface area contributed by atoms with E-state index in [4.69, 9.17) is 0 Å². The fraction of sp³-hybridized carbons (Fsp3) is 0.364. The number of carboxylic acids is 1. The van der Waals surface area contributed by atoms with Gasteiger partial charge in [-0.15, -0.1) is 0 Å². The van der Waals surface area contributed by atoms with Gasteiger partial charge in [-0.25, -0.2) is 8.42 Å². The van der Waals surface area contributed by atoms with E-state index in [0.29, 0.717) is 12.8 Å². The van der Waals surface area contributed by atoms with Gasteiger partial charge in [0.2, 0.25) is 10.0 Å². The van der Waals surface area contributed by atoms with Crippen LogP contribution in [0, 0.1) is 0 Å². The van der Waals surface area contributed by atoms with Crippen molar-refractivity contribution in [2.45, 2.75) is 23.8 Å². The Morgan fingerprint density at radius 3 is 2.53 bits per heavy atom. The molecule has 1 fully saturated rings. The lowest BCUT2D eigenvalue weighted by molar-refractivity contribution is -0.309. The fourth-order valence-corrected chi connectivity index (χ4v) is 3.66. The summed E-state index contributed by atoms with van der Waals surface area (Å²) in [6, 6.07) is 6.80. The smallest absolute Gasteiger partial charge is 0.243 e. The molecule has 0 spiro atoms. The first kappa shape index (κ1) is 12.1. The van der Waals surface area contributed by atoms with Crippen LogP contribution in [-0.4, -0.2) is 31.3 Å². The summed E-state index contributed by atoms with van der Waals surface area (Å²) >= 11 is 0. The van der Waals surface area contributed by atoms with Crippen LogP contribution in [0.5, 0.6) is 0 Å². The molecule has 0 bridgehead atoms. The van der Waals surface area contributed by atoms with Crippen LogP contribution < -0.4 is 5.11 Å². The maximum absolute atomic E-state index is 12.2. The number of nitrogens with zero attached hydrogens (tertiary/aromatic N) is 1. The molecule has 5 nitrogen and oxygen atoms in total. The highest BCUT2D eigenvalue weighted by molar-refractivity contribution is 7.89. The first-order chi connectivity index (χ1) is 8.03. The predicted octanol–water partition coefficient (Wildman–Crippen LogP) is -0.410. The molecule has 1 atom stereocenters. The Bertz CT molecular complexity index is 512. The molecule has 92 valence electrons. The molecule has 0 amide bonds. The van der Waals surface area contributed by atoms with Gasteiger partial charge < -0.3 is 9.90 Å². The summed E-state index contributed by atoms with van der Waals surface area (Å²) < 4.78 is 25.4. The zero-order valence-corrected chi connectivity index (χ0v) is 9.89. The van der Waals surface area contributed by atoms with Crippen molar-refractivity contribution < 1.29 is 18.3 Å². The van der Waals surface area contributed by atoms with Crippen molar-refractivity contribution in [1.29, 1.82) is 0 Å². The van der Waals surface area contributed by atoms with Crippen LogP contribution in [-0.2, 0) is 14.8 Å². The number of rotatable bonds is 3. The molecule has 1 saturated heterocycles. The lowest BCUT2D eigenvalue weighted by Gasteiger charge is -2.24. The minimum atomic E-state index is -3.72. The Balaban J connectivity index is 2.37. The second-order valence-electron chi connectivity index (χ2n) is 3.91. The van der Waals surface area contributed by atoms with E-state index in [9.17, 15) is 18.3 Å². The van der Waals surface area contributed by atoms with E-state index in [1.807, 2.05) is 0 Å². The Morgan fingerprint density at radius 2 is 1.94 bits per heavy atom. The third-order valence-electron chi connectivity index (χ3n) is 2.83. The van der Waals surface area contributed by atoms with Gasteiger partial charge in [-0.2, -0.15) is 4.31 Å². The van der Waals surface area contributed by atoms with Gasteiger partial charge in [0.15, 0.2) is 0 Å². The van der Waals surface area contributed by atoms with E-state index < -0.39 is 22.0 Å². The lowest BCUT2D eigenvalue weighted by Crippen LogP contribution is -2.46. The average molecular weight is 254 g/mol. The molecule has 0 saturated carbocycles. The molecule has 0 aliphatic carbocycles. The summed E-state index contributed by atoms with van der Waals surface area (Å²) in [5, 5.41) is 10.9. The summed E-state index contributed by atoms with van der Waals surface area (Å²) in [5.74, 6) is -1.33. The summed E-state index contributed by atoms with van der Waals surface area (Å²) in [7, 11) is -3.72. The van der Waals surface area contributed by atoms with Crippen LogP contribution in [0.25, 0.3) is 0 Å².